The fourth-order valence-corrected chi connectivity index (χ4v) is 6.73. The molecule has 0 saturated carbocycles. The van der Waals surface area contributed by atoms with E-state index in [0.717, 1.165) is 12.7 Å². The van der Waals surface area contributed by atoms with Crippen LogP contribution in [0.5, 0.6) is 0 Å². The molecule has 0 bridgehead atoms. The van der Waals surface area contributed by atoms with Gasteiger partial charge in [-0.15, -0.1) is 0 Å². The number of hydrogen-bond acceptors (Lipinski definition) is 13. The topological polar surface area (TPSA) is 261 Å². The van der Waals surface area contributed by atoms with Crippen LogP contribution in [0.15, 0.2) is 73.3 Å². The van der Waals surface area contributed by atoms with Gasteiger partial charge in [0.2, 0.25) is 11.8 Å². The highest BCUT2D eigenvalue weighted by Gasteiger charge is 2.38. The second kappa shape index (κ2) is 28.6. The number of halogens is 10. The number of nitrogens with one attached hydrogen (secondary N) is 5. The molecule has 2 aromatic heterocycles. The smallest absolute Gasteiger partial charge is 0.408 e. The molecule has 0 spiro atoms. The summed E-state index contributed by atoms with van der Waals surface area (Å²) in [5.41, 5.74) is 1.75. The predicted octanol–water partition coefficient (Wildman–Crippen LogP) is 8.41. The Morgan fingerprint density at radius 2 is 0.937 bits per heavy atom. The van der Waals surface area contributed by atoms with Crippen molar-refractivity contribution in [2.75, 3.05) is 26.3 Å². The predicted molar refractivity (Wildman–Crippen MR) is 263 cm³/mol. The van der Waals surface area contributed by atoms with Gasteiger partial charge in [0.05, 0.1) is 43.6 Å². The summed E-state index contributed by atoms with van der Waals surface area (Å²) in [6.07, 6.45) is -13.9. The number of hydrogen-bond donors (Lipinski definition) is 6. The molecular weight excluding hydrogens is 1070 g/mol. The normalized spacial score (nSPS) is 13.2. The van der Waals surface area contributed by atoms with Crippen LogP contribution in [0.2, 0.25) is 0 Å². The molecular formula is C49H66F10N12O8. The number of alkyl carbamates (subject to hydrolysis) is 3. The largest absolute Gasteiger partial charge is 0.448 e. The van der Waals surface area contributed by atoms with Gasteiger partial charge in [-0.05, 0) is 61.3 Å². The molecule has 0 fully saturated rings. The molecule has 0 radical (unpaired) electrons. The molecule has 30 heteroatoms. The molecule has 20 nitrogen and oxygen atoms in total. The van der Waals surface area contributed by atoms with E-state index in [1.54, 1.807) is 32.9 Å². The maximum absolute atomic E-state index is 15.1. The van der Waals surface area contributed by atoms with Crippen LogP contribution in [0.1, 0.15) is 122 Å². The SMILES string of the molecule is CC(C)(C)OC(=O)NC(C)(C)C(=O)N[C@H](CCC(F)(F)c1ccccc1)c1ncnn1CCOC(=O)NCCC(F)(F)F.CC(C)(N)C(=O)N[C@H](CCC(F)(F)c1ccccc1)c1ncnn1CCOC(=O)NCCC(F)(F)F. The first kappa shape index (κ1) is 66.0. The Morgan fingerprint density at radius 3 is 1.29 bits per heavy atom. The summed E-state index contributed by atoms with van der Waals surface area (Å²) < 4.78 is 150. The van der Waals surface area contributed by atoms with E-state index in [2.05, 4.69) is 36.1 Å². The summed E-state index contributed by atoms with van der Waals surface area (Å²) in [5.74, 6) is -7.63. The summed E-state index contributed by atoms with van der Waals surface area (Å²) in [4.78, 5) is 69.6. The molecule has 79 heavy (non-hydrogen) atoms. The molecule has 2 aromatic carbocycles. The van der Waals surface area contributed by atoms with E-state index in [0.29, 0.717) is 0 Å². The minimum atomic E-state index is -4.45. The molecule has 0 unspecified atom stereocenters. The number of carbonyl (C=O) groups excluding carboxylic acids is 5. The van der Waals surface area contributed by atoms with Gasteiger partial charge in [0.1, 0.15) is 48.7 Å². The molecule has 0 aliphatic carbocycles. The summed E-state index contributed by atoms with van der Waals surface area (Å²) in [5, 5.41) is 19.6. The van der Waals surface area contributed by atoms with Gasteiger partial charge < -0.3 is 46.5 Å². The molecule has 2 heterocycles. The second-order valence-corrected chi connectivity index (χ2v) is 19.8. The molecule has 7 N–H and O–H groups in total. The Balaban J connectivity index is 0.000000422. The Labute approximate surface area is 448 Å². The minimum absolute atomic E-state index is 0.0476. The Hall–Kier alpha value is -7.27. The summed E-state index contributed by atoms with van der Waals surface area (Å²) >= 11 is 0. The summed E-state index contributed by atoms with van der Waals surface area (Å²) in [6, 6.07) is 12.2. The van der Waals surface area contributed by atoms with Crippen molar-refractivity contribution in [3.05, 3.63) is 96.1 Å². The molecule has 4 rings (SSSR count). The Morgan fingerprint density at radius 1 is 0.557 bits per heavy atom. The van der Waals surface area contributed by atoms with Gasteiger partial charge in [0.15, 0.2) is 0 Å². The van der Waals surface area contributed by atoms with Crippen LogP contribution in [0.4, 0.5) is 58.3 Å². The lowest BCUT2D eigenvalue weighted by Crippen LogP contribution is -2.56. The van der Waals surface area contributed by atoms with Crippen LogP contribution < -0.4 is 32.3 Å². The van der Waals surface area contributed by atoms with Crippen molar-refractivity contribution in [1.82, 2.24) is 56.1 Å². The molecule has 5 amide bonds. The Kier molecular flexibility index (Phi) is 23.9. The number of ether oxygens (including phenoxy) is 3. The van der Waals surface area contributed by atoms with Crippen LogP contribution in [-0.2, 0) is 48.7 Å². The van der Waals surface area contributed by atoms with Gasteiger partial charge in [0, 0.05) is 37.1 Å². The van der Waals surface area contributed by atoms with Crippen molar-refractivity contribution in [1.29, 1.82) is 0 Å². The molecule has 0 aliphatic heterocycles. The zero-order valence-electron chi connectivity index (χ0n) is 44.4. The quantitative estimate of drug-likeness (QED) is 0.0269. The van der Waals surface area contributed by atoms with E-state index < -0.39 is 122 Å². The zero-order valence-corrected chi connectivity index (χ0v) is 44.4. The summed E-state index contributed by atoms with van der Waals surface area (Å²) in [7, 11) is 0. The third-order valence-corrected chi connectivity index (χ3v) is 10.8. The van der Waals surface area contributed by atoms with Crippen molar-refractivity contribution in [2.24, 2.45) is 5.73 Å². The van der Waals surface area contributed by atoms with E-state index >= 15 is 8.78 Å². The average Bonchev–Trinajstić information content (AvgIpc) is 4.02. The van der Waals surface area contributed by atoms with E-state index in [1.807, 2.05) is 10.6 Å². The van der Waals surface area contributed by atoms with Gasteiger partial charge in [-0.2, -0.15) is 36.5 Å². The van der Waals surface area contributed by atoms with Crippen LogP contribution >= 0.6 is 0 Å². The fraction of sp³-hybridized carbons (Fsp3) is 0.571. The third-order valence-electron chi connectivity index (χ3n) is 10.8. The first-order chi connectivity index (χ1) is 36.5. The number of carbonyl (C=O) groups is 5. The number of benzene rings is 2. The fourth-order valence-electron chi connectivity index (χ4n) is 6.73. The molecule has 2 atom stereocenters. The number of nitrogens with two attached hydrogens (primary N) is 1. The number of aromatic nitrogens is 6. The third kappa shape index (κ3) is 24.5. The van der Waals surface area contributed by atoms with Gasteiger partial charge in [-0.25, -0.2) is 51.3 Å². The lowest BCUT2D eigenvalue weighted by molar-refractivity contribution is -0.134. The van der Waals surface area contributed by atoms with Crippen LogP contribution in [0.25, 0.3) is 0 Å². The van der Waals surface area contributed by atoms with Crippen molar-refractivity contribution >= 4 is 30.1 Å². The first-order valence-electron chi connectivity index (χ1n) is 24.5. The maximum Gasteiger partial charge on any atom is 0.408 e. The standard InChI is InChI=1S/C27H37F5N6O5.C22H29F5N6O3/c1-24(2,3)43-23(41)37-25(4,5)21(39)36-19(11-12-26(28,29)18-9-7-6-8-10-18)20-34-17-35-38(20)15-16-42-22(40)33-14-13-27(30,31)32;1-20(2,28)18(34)32-16(8-9-21(23,24)15-6-4-3-5-7-15)17-30-14-31-33(17)12-13-36-19(35)29-11-10-22(25,26)27/h6-10,17,19H,11-16H2,1-5H3,(H,33,40)(H,36,39)(H,37,41);3-7,14,16H,8-13,28H2,1-2H3,(H,29,35)(H,32,34)/t19-;16-/m11/s1. The molecule has 440 valence electrons. The number of nitrogens with zero attached hydrogens (tertiary/aromatic N) is 6. The number of alkyl halides is 10. The Bertz CT molecular complexity index is 2550. The molecule has 0 aliphatic rings. The number of amides is 5. The van der Waals surface area contributed by atoms with E-state index in [9.17, 15) is 59.1 Å². The van der Waals surface area contributed by atoms with Crippen LogP contribution in [-0.4, -0.2) is 115 Å². The number of rotatable bonds is 25. The molecule has 4 aromatic rings. The monoisotopic (exact) mass is 1140 g/mol. The molecule has 0 saturated heterocycles. The second-order valence-electron chi connectivity index (χ2n) is 19.8. The van der Waals surface area contributed by atoms with E-state index in [-0.39, 0.29) is 61.9 Å². The van der Waals surface area contributed by atoms with Gasteiger partial charge >= 0.3 is 30.6 Å². The van der Waals surface area contributed by atoms with Crippen molar-refractivity contribution < 1.29 is 82.1 Å². The highest BCUT2D eigenvalue weighted by Crippen LogP contribution is 2.37. The lowest BCUT2D eigenvalue weighted by atomic mass is 9.98. The van der Waals surface area contributed by atoms with Crippen molar-refractivity contribution in [2.45, 2.75) is 153 Å². The zero-order chi connectivity index (χ0) is 59.5. The van der Waals surface area contributed by atoms with Crippen molar-refractivity contribution in [3.8, 4) is 0 Å². The first-order valence-corrected chi connectivity index (χ1v) is 24.5. The van der Waals surface area contributed by atoms with Gasteiger partial charge in [0.25, 0.3) is 11.8 Å². The van der Waals surface area contributed by atoms with Crippen molar-refractivity contribution in [3.63, 3.8) is 0 Å². The van der Waals surface area contributed by atoms with E-state index in [4.69, 9.17) is 19.9 Å². The van der Waals surface area contributed by atoms with Gasteiger partial charge in [-0.3, -0.25) is 9.59 Å². The minimum Gasteiger partial charge on any atom is -0.448 e. The maximum atomic E-state index is 15.1. The average molecular weight is 1140 g/mol. The van der Waals surface area contributed by atoms with E-state index in [1.165, 1.54) is 85.6 Å². The summed E-state index contributed by atoms with van der Waals surface area (Å²) in [6.45, 7) is 8.44. The lowest BCUT2D eigenvalue weighted by Gasteiger charge is -2.30. The highest BCUT2D eigenvalue weighted by molar-refractivity contribution is 5.89. The highest BCUT2D eigenvalue weighted by atomic mass is 19.4. The van der Waals surface area contributed by atoms with Crippen LogP contribution in [0.3, 0.4) is 0 Å². The van der Waals surface area contributed by atoms with Gasteiger partial charge in [-0.1, -0.05) is 60.7 Å². The van der Waals surface area contributed by atoms with Crippen LogP contribution in [0, 0.1) is 0 Å².